The molecule has 0 N–H and O–H groups in total. The normalized spacial score (nSPS) is 11.8. The highest BCUT2D eigenvalue weighted by Crippen LogP contribution is 2.52. The third-order valence-electron chi connectivity index (χ3n) is 4.87. The number of aromatic nitrogens is 2. The van der Waals surface area contributed by atoms with E-state index in [2.05, 4.69) is 23.2 Å². The molecule has 0 radical (unpaired) electrons. The smallest absolute Gasteiger partial charge is 0.153 e. The van der Waals surface area contributed by atoms with Gasteiger partial charge in [-0.05, 0) is 35.9 Å². The number of hydrogen-bond donors (Lipinski definition) is 0. The largest absolute Gasteiger partial charge is 0.464 e. The molecule has 0 saturated heterocycles. The maximum atomic E-state index is 5.79. The molecule has 0 aliphatic heterocycles. The lowest BCUT2D eigenvalue weighted by atomic mass is 9.95. The van der Waals surface area contributed by atoms with Gasteiger partial charge in [-0.1, -0.05) is 24.3 Å². The van der Waals surface area contributed by atoms with Gasteiger partial charge in [0.25, 0.3) is 0 Å². The van der Waals surface area contributed by atoms with Gasteiger partial charge in [-0.15, -0.1) is 0 Å². The average Bonchev–Trinajstić information content (AvgIpc) is 3.44. The minimum atomic E-state index is 0.720. The van der Waals surface area contributed by atoms with Gasteiger partial charge in [0.15, 0.2) is 5.76 Å². The van der Waals surface area contributed by atoms with E-state index in [1.165, 1.54) is 0 Å². The summed E-state index contributed by atoms with van der Waals surface area (Å²) in [4.78, 5) is 9.56. The summed E-state index contributed by atoms with van der Waals surface area (Å²) in [6.45, 7) is 0. The summed E-state index contributed by atoms with van der Waals surface area (Å²) in [6, 6.07) is 17.9. The summed E-state index contributed by atoms with van der Waals surface area (Å²) in [5.74, 6) is 1.49. The zero-order valence-electron chi connectivity index (χ0n) is 13.6. The van der Waals surface area contributed by atoms with E-state index >= 15 is 0 Å². The van der Waals surface area contributed by atoms with Crippen LogP contribution in [0.25, 0.3) is 56.1 Å². The van der Waals surface area contributed by atoms with Crippen LogP contribution in [0.3, 0.4) is 0 Å². The fraction of sp³-hybridized carbons (Fsp3) is 0. The molecule has 4 nitrogen and oxygen atoms in total. The second-order valence-electron chi connectivity index (χ2n) is 6.26. The highest BCUT2D eigenvalue weighted by molar-refractivity contribution is 6.18. The molecule has 0 amide bonds. The first-order valence-electron chi connectivity index (χ1n) is 8.42. The zero-order chi connectivity index (χ0) is 17.1. The lowest BCUT2D eigenvalue weighted by molar-refractivity contribution is 0.574. The highest BCUT2D eigenvalue weighted by Gasteiger charge is 2.30. The molecule has 0 bridgehead atoms. The molecule has 4 aromatic heterocycles. The summed E-state index contributed by atoms with van der Waals surface area (Å²) < 4.78 is 11.5. The van der Waals surface area contributed by atoms with Gasteiger partial charge in [0.1, 0.15) is 11.5 Å². The van der Waals surface area contributed by atoms with E-state index < -0.39 is 0 Å². The fourth-order valence-corrected chi connectivity index (χ4v) is 3.84. The van der Waals surface area contributed by atoms with Crippen LogP contribution < -0.4 is 0 Å². The summed E-state index contributed by atoms with van der Waals surface area (Å²) in [5.41, 5.74) is 6.97. The SMILES string of the molecule is c1coc(-c2nc3ccnc4c3c(c2-c2ccco2)-c2ccccc2-4)c1. The Balaban J connectivity index is 1.86. The fourth-order valence-electron chi connectivity index (χ4n) is 3.84. The van der Waals surface area contributed by atoms with Crippen LogP contribution in [0.2, 0.25) is 0 Å². The van der Waals surface area contributed by atoms with Crippen molar-refractivity contribution in [3.63, 3.8) is 0 Å². The van der Waals surface area contributed by atoms with Crippen molar-refractivity contribution in [2.75, 3.05) is 0 Å². The Morgan fingerprint density at radius 2 is 1.42 bits per heavy atom. The summed E-state index contributed by atoms with van der Waals surface area (Å²) in [7, 11) is 0. The molecule has 0 atom stereocenters. The van der Waals surface area contributed by atoms with Gasteiger partial charge in [0.05, 0.1) is 29.3 Å². The van der Waals surface area contributed by atoms with Crippen LogP contribution in [-0.2, 0) is 0 Å². The zero-order valence-corrected chi connectivity index (χ0v) is 13.6. The number of fused-ring (bicyclic) bond motifs is 3. The molecule has 0 spiro atoms. The van der Waals surface area contributed by atoms with Crippen molar-refractivity contribution in [3.8, 4) is 45.2 Å². The van der Waals surface area contributed by atoms with E-state index in [4.69, 9.17) is 13.8 Å². The molecule has 0 unspecified atom stereocenters. The molecule has 0 fully saturated rings. The predicted molar refractivity (Wildman–Crippen MR) is 99.4 cm³/mol. The monoisotopic (exact) mass is 336 g/mol. The van der Waals surface area contributed by atoms with E-state index in [1.54, 1.807) is 12.5 Å². The van der Waals surface area contributed by atoms with Crippen molar-refractivity contribution < 1.29 is 8.83 Å². The van der Waals surface area contributed by atoms with Crippen LogP contribution >= 0.6 is 0 Å². The van der Waals surface area contributed by atoms with E-state index in [1.807, 2.05) is 42.6 Å². The Bertz CT molecular complexity index is 1270. The van der Waals surface area contributed by atoms with Crippen LogP contribution in [0, 0.1) is 0 Å². The molecule has 4 heteroatoms. The van der Waals surface area contributed by atoms with Crippen molar-refractivity contribution in [2.45, 2.75) is 0 Å². The van der Waals surface area contributed by atoms with Gasteiger partial charge >= 0.3 is 0 Å². The number of rotatable bonds is 2. The quantitative estimate of drug-likeness (QED) is 0.401. The Morgan fingerprint density at radius 3 is 2.19 bits per heavy atom. The molecule has 26 heavy (non-hydrogen) atoms. The van der Waals surface area contributed by atoms with Crippen molar-refractivity contribution in [1.29, 1.82) is 0 Å². The van der Waals surface area contributed by atoms with Crippen molar-refractivity contribution >= 4 is 10.9 Å². The molecule has 4 heterocycles. The predicted octanol–water partition coefficient (Wildman–Crippen LogP) is 5.80. The first-order valence-corrected chi connectivity index (χ1v) is 8.42. The van der Waals surface area contributed by atoms with Crippen LogP contribution in [0.5, 0.6) is 0 Å². The molecule has 1 aliphatic rings. The van der Waals surface area contributed by atoms with Crippen molar-refractivity contribution in [3.05, 3.63) is 73.3 Å². The molecule has 5 aromatic rings. The lowest BCUT2D eigenvalue weighted by Crippen LogP contribution is -1.93. The maximum absolute atomic E-state index is 5.79. The highest BCUT2D eigenvalue weighted by atomic mass is 16.3. The summed E-state index contributed by atoms with van der Waals surface area (Å²) in [5, 5.41) is 1.07. The van der Waals surface area contributed by atoms with Gasteiger partial charge in [-0.2, -0.15) is 0 Å². The third kappa shape index (κ3) is 1.68. The van der Waals surface area contributed by atoms with Crippen LogP contribution in [0.15, 0.2) is 82.2 Å². The van der Waals surface area contributed by atoms with E-state index in [-0.39, 0.29) is 0 Å². The van der Waals surface area contributed by atoms with Crippen LogP contribution in [0.1, 0.15) is 0 Å². The van der Waals surface area contributed by atoms with Gasteiger partial charge in [0.2, 0.25) is 0 Å². The van der Waals surface area contributed by atoms with Crippen LogP contribution in [-0.4, -0.2) is 9.97 Å². The first-order chi connectivity index (χ1) is 12.9. The Labute approximate surface area is 148 Å². The Kier molecular flexibility index (Phi) is 2.58. The molecule has 0 saturated carbocycles. The average molecular weight is 336 g/mol. The molecule has 122 valence electrons. The van der Waals surface area contributed by atoms with E-state index in [0.29, 0.717) is 0 Å². The second kappa shape index (κ2) is 4.92. The molecule has 6 rings (SSSR count). The van der Waals surface area contributed by atoms with E-state index in [9.17, 15) is 0 Å². The van der Waals surface area contributed by atoms with Gasteiger partial charge in [-0.3, -0.25) is 4.98 Å². The number of pyridine rings is 2. The summed E-state index contributed by atoms with van der Waals surface area (Å²) >= 11 is 0. The lowest BCUT2D eigenvalue weighted by Gasteiger charge is -2.12. The topological polar surface area (TPSA) is 52.1 Å². The van der Waals surface area contributed by atoms with Crippen molar-refractivity contribution in [1.82, 2.24) is 9.97 Å². The Hall–Kier alpha value is -3.66. The summed E-state index contributed by atoms with van der Waals surface area (Å²) in [6.07, 6.45) is 5.16. The third-order valence-corrected chi connectivity index (χ3v) is 4.87. The molecule has 1 aromatic carbocycles. The number of benzene rings is 1. The van der Waals surface area contributed by atoms with Gasteiger partial charge < -0.3 is 8.83 Å². The van der Waals surface area contributed by atoms with Crippen LogP contribution in [0.4, 0.5) is 0 Å². The maximum Gasteiger partial charge on any atom is 0.153 e. The standard InChI is InChI=1S/C22H12N2O2/c1-2-6-14-13(5-1)18-19-15(9-10-23-21(14)19)24-22(17-8-4-12-26-17)20(18)16-7-3-11-25-16/h1-12H. The number of furan rings is 2. The Morgan fingerprint density at radius 1 is 0.654 bits per heavy atom. The van der Waals surface area contributed by atoms with E-state index in [0.717, 1.165) is 56.1 Å². The first kappa shape index (κ1) is 13.6. The van der Waals surface area contributed by atoms with Gasteiger partial charge in [-0.25, -0.2) is 4.98 Å². The minimum absolute atomic E-state index is 0.720. The number of hydrogen-bond acceptors (Lipinski definition) is 4. The minimum Gasteiger partial charge on any atom is -0.464 e. The number of nitrogens with zero attached hydrogens (tertiary/aromatic N) is 2. The van der Waals surface area contributed by atoms with Gasteiger partial charge in [0, 0.05) is 22.7 Å². The molecular formula is C22H12N2O2. The van der Waals surface area contributed by atoms with Crippen molar-refractivity contribution in [2.24, 2.45) is 0 Å². The molecule has 1 aliphatic carbocycles. The molecular weight excluding hydrogens is 324 g/mol. The second-order valence-corrected chi connectivity index (χ2v) is 6.26.